The van der Waals surface area contributed by atoms with Crippen LogP contribution < -0.4 is 0 Å². The number of hydrogen-bond acceptors (Lipinski definition) is 1. The van der Waals surface area contributed by atoms with E-state index in [9.17, 15) is 0 Å². The first kappa shape index (κ1) is 16.4. The van der Waals surface area contributed by atoms with Crippen molar-refractivity contribution < 1.29 is 0 Å². The van der Waals surface area contributed by atoms with Crippen molar-refractivity contribution in [3.63, 3.8) is 0 Å². The van der Waals surface area contributed by atoms with Crippen molar-refractivity contribution >= 4 is 31.5 Å². The first-order valence-corrected chi connectivity index (χ1v) is 9.78. The van der Waals surface area contributed by atoms with Crippen LogP contribution in [0.15, 0.2) is 66.7 Å². The van der Waals surface area contributed by atoms with E-state index in [4.69, 9.17) is 0 Å². The van der Waals surface area contributed by atoms with Crippen molar-refractivity contribution in [1.29, 1.82) is 0 Å². The van der Waals surface area contributed by atoms with E-state index in [0.717, 1.165) is 12.8 Å². The Morgan fingerprint density at radius 3 is 2.24 bits per heavy atom. The first-order valence-electron chi connectivity index (χ1n) is 8.96. The molecule has 0 N–H and O–H groups in total. The molecule has 0 saturated heterocycles. The van der Waals surface area contributed by atoms with Gasteiger partial charge < -0.3 is 0 Å². The van der Waals surface area contributed by atoms with Gasteiger partial charge in [0.2, 0.25) is 0 Å². The van der Waals surface area contributed by atoms with Gasteiger partial charge in [0.1, 0.15) is 0 Å². The Kier molecular flexibility index (Phi) is 4.13. The van der Waals surface area contributed by atoms with Crippen LogP contribution in [-0.4, -0.2) is 0 Å². The number of hydrogen-bond donors (Lipinski definition) is 0. The van der Waals surface area contributed by atoms with Crippen LogP contribution in [0.5, 0.6) is 0 Å². The molecular weight excluding hydrogens is 320 g/mol. The third-order valence-electron chi connectivity index (χ3n) is 4.58. The normalized spacial score (nSPS) is 12.1. The molecule has 0 saturated carbocycles. The maximum atomic E-state index is 2.38. The van der Waals surface area contributed by atoms with Gasteiger partial charge in [-0.1, -0.05) is 75.4 Å². The minimum Gasteiger partial charge on any atom is -0.135 e. The molecule has 1 aromatic heterocycles. The van der Waals surface area contributed by atoms with Gasteiger partial charge in [0.15, 0.2) is 0 Å². The molecule has 0 aliphatic heterocycles. The lowest BCUT2D eigenvalue weighted by molar-refractivity contribution is 0.411. The Labute approximate surface area is 154 Å². The van der Waals surface area contributed by atoms with Gasteiger partial charge in [-0.2, -0.15) is 0 Å². The molecular formula is C24H24S. The highest BCUT2D eigenvalue weighted by molar-refractivity contribution is 7.25. The SMILES string of the molecule is CC(C)(C)Cc1cccc(Cc2ccc3c(c2)sc2ccccc23)c1. The van der Waals surface area contributed by atoms with Crippen molar-refractivity contribution in [1.82, 2.24) is 0 Å². The van der Waals surface area contributed by atoms with Crippen molar-refractivity contribution in [2.75, 3.05) is 0 Å². The fraction of sp³-hybridized carbons (Fsp3) is 0.250. The van der Waals surface area contributed by atoms with E-state index in [1.807, 2.05) is 11.3 Å². The second kappa shape index (κ2) is 6.31. The zero-order valence-electron chi connectivity index (χ0n) is 15.2. The van der Waals surface area contributed by atoms with Crippen molar-refractivity contribution in [3.8, 4) is 0 Å². The van der Waals surface area contributed by atoms with Gasteiger partial charge in [-0.15, -0.1) is 11.3 Å². The lowest BCUT2D eigenvalue weighted by Gasteiger charge is -2.18. The maximum Gasteiger partial charge on any atom is 0.0358 e. The summed E-state index contributed by atoms with van der Waals surface area (Å²) in [5.41, 5.74) is 4.57. The number of rotatable bonds is 3. The highest BCUT2D eigenvalue weighted by Gasteiger charge is 2.11. The molecule has 0 aliphatic carbocycles. The summed E-state index contributed by atoms with van der Waals surface area (Å²) in [6.07, 6.45) is 2.12. The molecule has 0 atom stereocenters. The molecule has 0 aliphatic rings. The summed E-state index contributed by atoms with van der Waals surface area (Å²) in [6, 6.07) is 24.7. The summed E-state index contributed by atoms with van der Waals surface area (Å²) in [4.78, 5) is 0. The molecule has 0 spiro atoms. The van der Waals surface area contributed by atoms with E-state index in [0.29, 0.717) is 5.41 Å². The number of benzene rings is 3. The molecule has 25 heavy (non-hydrogen) atoms. The van der Waals surface area contributed by atoms with E-state index < -0.39 is 0 Å². The molecule has 3 aromatic carbocycles. The second-order valence-corrected chi connectivity index (χ2v) is 9.25. The van der Waals surface area contributed by atoms with Gasteiger partial charge in [0.05, 0.1) is 0 Å². The molecule has 0 unspecified atom stereocenters. The third kappa shape index (κ3) is 3.62. The first-order chi connectivity index (χ1) is 12.0. The van der Waals surface area contributed by atoms with Crippen LogP contribution in [0.1, 0.15) is 37.5 Å². The third-order valence-corrected chi connectivity index (χ3v) is 5.71. The fourth-order valence-corrected chi connectivity index (χ4v) is 4.75. The Morgan fingerprint density at radius 2 is 1.40 bits per heavy atom. The highest BCUT2D eigenvalue weighted by Crippen LogP contribution is 2.34. The molecule has 4 rings (SSSR count). The molecule has 126 valence electrons. The van der Waals surface area contributed by atoms with Crippen LogP contribution in [0.3, 0.4) is 0 Å². The largest absolute Gasteiger partial charge is 0.135 e. The van der Waals surface area contributed by atoms with Crippen molar-refractivity contribution in [2.24, 2.45) is 5.41 Å². The zero-order valence-corrected chi connectivity index (χ0v) is 16.0. The van der Waals surface area contributed by atoms with Crippen LogP contribution in [0.25, 0.3) is 20.2 Å². The van der Waals surface area contributed by atoms with E-state index in [1.54, 1.807) is 0 Å². The van der Waals surface area contributed by atoms with E-state index in [2.05, 4.69) is 87.5 Å². The molecule has 0 radical (unpaired) electrons. The predicted octanol–water partition coefficient (Wildman–Crippen LogP) is 7.23. The Bertz CT molecular complexity index is 1030. The predicted molar refractivity (Wildman–Crippen MR) is 112 cm³/mol. The summed E-state index contributed by atoms with van der Waals surface area (Å²) < 4.78 is 2.77. The average Bonchev–Trinajstić information content (AvgIpc) is 2.91. The standard InChI is InChI=1S/C24H24S/c1-24(2,3)16-19-8-6-7-17(14-19)13-18-11-12-21-20-9-4-5-10-22(20)25-23(21)15-18/h4-12,14-15H,13,16H2,1-3H3. The Hall–Kier alpha value is -2.12. The van der Waals surface area contributed by atoms with Crippen LogP contribution in [0, 0.1) is 5.41 Å². The van der Waals surface area contributed by atoms with Gasteiger partial charge in [-0.3, -0.25) is 0 Å². The minimum absolute atomic E-state index is 0.328. The van der Waals surface area contributed by atoms with E-state index >= 15 is 0 Å². The van der Waals surface area contributed by atoms with Crippen LogP contribution in [0.4, 0.5) is 0 Å². The van der Waals surface area contributed by atoms with Gasteiger partial charge in [0, 0.05) is 20.2 Å². The zero-order chi connectivity index (χ0) is 17.4. The van der Waals surface area contributed by atoms with Crippen LogP contribution >= 0.6 is 11.3 Å². The summed E-state index contributed by atoms with van der Waals surface area (Å²) in [7, 11) is 0. The van der Waals surface area contributed by atoms with Crippen LogP contribution in [-0.2, 0) is 12.8 Å². The maximum absolute atomic E-state index is 2.38. The Morgan fingerprint density at radius 1 is 0.680 bits per heavy atom. The molecule has 0 nitrogen and oxygen atoms in total. The number of fused-ring (bicyclic) bond motifs is 3. The van der Waals surface area contributed by atoms with E-state index in [-0.39, 0.29) is 0 Å². The molecule has 0 fully saturated rings. The highest BCUT2D eigenvalue weighted by atomic mass is 32.1. The van der Waals surface area contributed by atoms with Gasteiger partial charge in [-0.25, -0.2) is 0 Å². The summed E-state index contributed by atoms with van der Waals surface area (Å²) in [5, 5.41) is 2.76. The molecule has 1 heteroatoms. The number of thiophene rings is 1. The minimum atomic E-state index is 0.328. The van der Waals surface area contributed by atoms with Crippen molar-refractivity contribution in [3.05, 3.63) is 83.4 Å². The van der Waals surface area contributed by atoms with Gasteiger partial charge in [0.25, 0.3) is 0 Å². The Balaban J connectivity index is 1.64. The fourth-order valence-electron chi connectivity index (χ4n) is 3.58. The molecule has 0 amide bonds. The van der Waals surface area contributed by atoms with Crippen LogP contribution in [0.2, 0.25) is 0 Å². The molecule has 4 aromatic rings. The lowest BCUT2D eigenvalue weighted by Crippen LogP contribution is -2.09. The summed E-state index contributed by atoms with van der Waals surface area (Å²) >= 11 is 1.90. The average molecular weight is 345 g/mol. The lowest BCUT2D eigenvalue weighted by atomic mass is 9.87. The monoisotopic (exact) mass is 344 g/mol. The van der Waals surface area contributed by atoms with Gasteiger partial charge >= 0.3 is 0 Å². The van der Waals surface area contributed by atoms with Gasteiger partial charge in [-0.05, 0) is 47.1 Å². The van der Waals surface area contributed by atoms with Crippen molar-refractivity contribution in [2.45, 2.75) is 33.6 Å². The molecule has 1 heterocycles. The molecule has 0 bridgehead atoms. The second-order valence-electron chi connectivity index (χ2n) is 8.16. The quantitative estimate of drug-likeness (QED) is 0.367. The smallest absolute Gasteiger partial charge is 0.0358 e. The summed E-state index contributed by atoms with van der Waals surface area (Å²) in [5.74, 6) is 0. The topological polar surface area (TPSA) is 0 Å². The summed E-state index contributed by atoms with van der Waals surface area (Å²) in [6.45, 7) is 6.90. The van der Waals surface area contributed by atoms with E-state index in [1.165, 1.54) is 36.9 Å².